The molecule has 0 saturated carbocycles. The Morgan fingerprint density at radius 1 is 1.27 bits per heavy atom. The Morgan fingerprint density at radius 3 is 2.53 bits per heavy atom. The van der Waals surface area contributed by atoms with Crippen LogP contribution in [0.3, 0.4) is 0 Å². The Morgan fingerprint density at radius 2 is 1.93 bits per heavy atom. The molecule has 0 saturated heterocycles. The summed E-state index contributed by atoms with van der Waals surface area (Å²) in [6.07, 6.45) is -0.465. The molecule has 1 aromatic rings. The van der Waals surface area contributed by atoms with Crippen LogP contribution < -0.4 is 10.1 Å². The lowest BCUT2D eigenvalue weighted by Crippen LogP contribution is -2.35. The fraction of sp³-hybridized carbons (Fsp3) is 0.500. The molecule has 0 aromatic heterocycles. The molecular formula is C12H19NO2. The summed E-state index contributed by atoms with van der Waals surface area (Å²) < 4.78 is 5.41. The summed E-state index contributed by atoms with van der Waals surface area (Å²) in [7, 11) is 0. The van der Waals surface area contributed by atoms with E-state index in [1.807, 2.05) is 44.2 Å². The maximum Gasteiger partial charge on any atom is 0.119 e. The fourth-order valence-electron chi connectivity index (χ4n) is 1.14. The van der Waals surface area contributed by atoms with Gasteiger partial charge in [-0.25, -0.2) is 0 Å². The Bertz CT molecular complexity index is 262. The monoisotopic (exact) mass is 209 g/mol. The number of ether oxygens (including phenoxy) is 1. The molecule has 0 bridgehead atoms. The third-order valence-electron chi connectivity index (χ3n) is 1.95. The highest BCUT2D eigenvalue weighted by Gasteiger charge is 2.05. The Balaban J connectivity index is 2.19. The molecule has 0 radical (unpaired) electrons. The van der Waals surface area contributed by atoms with Crippen molar-refractivity contribution in [2.45, 2.75) is 26.0 Å². The standard InChI is InChI=1S/C12H19NO2/c1-10(2)13-8-11(14)9-15-12-6-4-3-5-7-12/h3-7,10-11,13-14H,8-9H2,1-2H3/t11-/m1/s1. The highest BCUT2D eigenvalue weighted by molar-refractivity contribution is 5.20. The van der Waals surface area contributed by atoms with Gasteiger partial charge in [0.05, 0.1) is 0 Å². The molecule has 0 aliphatic carbocycles. The predicted molar refractivity (Wildman–Crippen MR) is 61.1 cm³/mol. The summed E-state index contributed by atoms with van der Waals surface area (Å²) in [4.78, 5) is 0. The van der Waals surface area contributed by atoms with E-state index in [1.54, 1.807) is 0 Å². The summed E-state index contributed by atoms with van der Waals surface area (Å²) in [5.41, 5.74) is 0. The van der Waals surface area contributed by atoms with Crippen LogP contribution in [0, 0.1) is 0 Å². The van der Waals surface area contributed by atoms with E-state index in [2.05, 4.69) is 5.32 Å². The van der Waals surface area contributed by atoms with Crippen molar-refractivity contribution in [3.05, 3.63) is 30.3 Å². The molecule has 84 valence electrons. The number of rotatable bonds is 6. The number of nitrogens with one attached hydrogen (secondary N) is 1. The predicted octanol–water partition coefficient (Wildman–Crippen LogP) is 1.42. The minimum atomic E-state index is -0.465. The van der Waals surface area contributed by atoms with Crippen LogP contribution >= 0.6 is 0 Å². The lowest BCUT2D eigenvalue weighted by Gasteiger charge is -2.14. The van der Waals surface area contributed by atoms with Gasteiger partial charge in [-0.3, -0.25) is 0 Å². The molecule has 0 amide bonds. The number of hydrogen-bond acceptors (Lipinski definition) is 3. The van der Waals surface area contributed by atoms with Crippen LogP contribution in [0.25, 0.3) is 0 Å². The first-order valence-corrected chi connectivity index (χ1v) is 5.28. The molecule has 0 unspecified atom stereocenters. The SMILES string of the molecule is CC(C)NC[C@@H](O)COc1ccccc1. The van der Waals surface area contributed by atoms with Crippen LogP contribution in [0.2, 0.25) is 0 Å². The highest BCUT2D eigenvalue weighted by atomic mass is 16.5. The average Bonchev–Trinajstić information content (AvgIpc) is 2.25. The van der Waals surface area contributed by atoms with Crippen molar-refractivity contribution < 1.29 is 9.84 Å². The zero-order valence-electron chi connectivity index (χ0n) is 9.31. The van der Waals surface area contributed by atoms with Gasteiger partial charge in [-0.2, -0.15) is 0 Å². The molecule has 0 heterocycles. The second-order valence-corrected chi connectivity index (χ2v) is 3.84. The Labute approximate surface area is 91.1 Å². The first-order chi connectivity index (χ1) is 7.18. The molecule has 0 aliphatic rings. The number of para-hydroxylation sites is 1. The van der Waals surface area contributed by atoms with Crippen LogP contribution in [0.4, 0.5) is 0 Å². The van der Waals surface area contributed by atoms with Crippen molar-refractivity contribution in [2.24, 2.45) is 0 Å². The zero-order valence-corrected chi connectivity index (χ0v) is 9.31. The van der Waals surface area contributed by atoms with Crippen LogP contribution in [0.1, 0.15) is 13.8 Å². The summed E-state index contributed by atoms with van der Waals surface area (Å²) in [5.74, 6) is 0.793. The largest absolute Gasteiger partial charge is 0.491 e. The van der Waals surface area contributed by atoms with E-state index in [1.165, 1.54) is 0 Å². The Kier molecular flexibility index (Phi) is 5.15. The van der Waals surface area contributed by atoms with E-state index in [0.717, 1.165) is 5.75 Å². The van der Waals surface area contributed by atoms with Crippen molar-refractivity contribution in [1.29, 1.82) is 0 Å². The summed E-state index contributed by atoms with van der Waals surface area (Å²) in [6.45, 7) is 4.98. The normalized spacial score (nSPS) is 12.8. The van der Waals surface area contributed by atoms with Crippen molar-refractivity contribution in [3.63, 3.8) is 0 Å². The molecule has 3 heteroatoms. The lowest BCUT2D eigenvalue weighted by molar-refractivity contribution is 0.104. The molecule has 1 rings (SSSR count). The molecule has 15 heavy (non-hydrogen) atoms. The number of benzene rings is 1. The van der Waals surface area contributed by atoms with Gasteiger partial charge < -0.3 is 15.2 Å². The highest BCUT2D eigenvalue weighted by Crippen LogP contribution is 2.08. The van der Waals surface area contributed by atoms with E-state index >= 15 is 0 Å². The van der Waals surface area contributed by atoms with Crippen molar-refractivity contribution >= 4 is 0 Å². The van der Waals surface area contributed by atoms with E-state index in [4.69, 9.17) is 4.74 Å². The summed E-state index contributed by atoms with van der Waals surface area (Å²) >= 11 is 0. The molecular weight excluding hydrogens is 190 g/mol. The van der Waals surface area contributed by atoms with Gasteiger partial charge >= 0.3 is 0 Å². The van der Waals surface area contributed by atoms with Gasteiger partial charge in [-0.05, 0) is 12.1 Å². The Hall–Kier alpha value is -1.06. The lowest BCUT2D eigenvalue weighted by atomic mass is 10.3. The molecule has 0 spiro atoms. The number of hydrogen-bond donors (Lipinski definition) is 2. The summed E-state index contributed by atoms with van der Waals surface area (Å²) in [5, 5.41) is 12.7. The third-order valence-corrected chi connectivity index (χ3v) is 1.95. The molecule has 1 atom stereocenters. The van der Waals surface area contributed by atoms with Crippen LogP contribution in [0.15, 0.2) is 30.3 Å². The van der Waals surface area contributed by atoms with Crippen molar-refractivity contribution in [2.75, 3.05) is 13.2 Å². The molecule has 3 nitrogen and oxygen atoms in total. The average molecular weight is 209 g/mol. The molecule has 1 aromatic carbocycles. The first kappa shape index (κ1) is 12.0. The second kappa shape index (κ2) is 6.43. The maximum atomic E-state index is 9.57. The number of aliphatic hydroxyl groups excluding tert-OH is 1. The van der Waals surface area contributed by atoms with Crippen LogP contribution in [-0.4, -0.2) is 30.4 Å². The van der Waals surface area contributed by atoms with Crippen LogP contribution in [0.5, 0.6) is 5.75 Å². The van der Waals surface area contributed by atoms with Gasteiger partial charge in [0.2, 0.25) is 0 Å². The summed E-state index contributed by atoms with van der Waals surface area (Å²) in [6, 6.07) is 9.90. The van der Waals surface area contributed by atoms with Gasteiger partial charge in [-0.15, -0.1) is 0 Å². The van der Waals surface area contributed by atoms with Gasteiger partial charge in [0.25, 0.3) is 0 Å². The minimum absolute atomic E-state index is 0.323. The molecule has 2 N–H and O–H groups in total. The third kappa shape index (κ3) is 5.40. The molecule has 0 aliphatic heterocycles. The van der Waals surface area contributed by atoms with Gasteiger partial charge in [0, 0.05) is 12.6 Å². The smallest absolute Gasteiger partial charge is 0.119 e. The topological polar surface area (TPSA) is 41.5 Å². The van der Waals surface area contributed by atoms with E-state index in [-0.39, 0.29) is 0 Å². The van der Waals surface area contributed by atoms with Crippen molar-refractivity contribution in [1.82, 2.24) is 5.32 Å². The van der Waals surface area contributed by atoms with Gasteiger partial charge in [-0.1, -0.05) is 32.0 Å². The number of aliphatic hydroxyl groups is 1. The van der Waals surface area contributed by atoms with Crippen molar-refractivity contribution in [3.8, 4) is 5.75 Å². The quantitative estimate of drug-likeness (QED) is 0.744. The van der Waals surface area contributed by atoms with E-state index < -0.39 is 6.10 Å². The second-order valence-electron chi connectivity index (χ2n) is 3.84. The van der Waals surface area contributed by atoms with Gasteiger partial charge in [0.1, 0.15) is 18.5 Å². The fourth-order valence-corrected chi connectivity index (χ4v) is 1.14. The van der Waals surface area contributed by atoms with E-state index in [0.29, 0.717) is 19.2 Å². The first-order valence-electron chi connectivity index (χ1n) is 5.28. The van der Waals surface area contributed by atoms with Gasteiger partial charge in [0.15, 0.2) is 0 Å². The molecule has 0 fully saturated rings. The van der Waals surface area contributed by atoms with E-state index in [9.17, 15) is 5.11 Å². The zero-order chi connectivity index (χ0) is 11.1. The van der Waals surface area contributed by atoms with Crippen LogP contribution in [-0.2, 0) is 0 Å². The maximum absolute atomic E-state index is 9.57. The minimum Gasteiger partial charge on any atom is -0.491 e.